The number of nitrogens with one attached hydrogen (secondary N) is 1. The first kappa shape index (κ1) is 11.7. The minimum Gasteiger partial charge on any atom is -0.419 e. The topological polar surface area (TPSA) is 51.0 Å². The van der Waals surface area contributed by atoms with Crippen molar-refractivity contribution in [3.63, 3.8) is 0 Å². The van der Waals surface area contributed by atoms with Crippen molar-refractivity contribution in [2.24, 2.45) is 0 Å². The number of nitrogens with zero attached hydrogens (tertiary/aromatic N) is 2. The predicted octanol–water partition coefficient (Wildman–Crippen LogP) is 2.12. The molecule has 17 heavy (non-hydrogen) atoms. The number of hydrogen-bond donors (Lipinski definition) is 1. The lowest BCUT2D eigenvalue weighted by atomic mass is 10.2. The van der Waals surface area contributed by atoms with Crippen LogP contribution in [0.15, 0.2) is 22.6 Å². The summed E-state index contributed by atoms with van der Waals surface area (Å²) in [5.74, 6) is -1.29. The van der Waals surface area contributed by atoms with Gasteiger partial charge >= 0.3 is 0 Å². The lowest BCUT2D eigenvalue weighted by Crippen LogP contribution is -2.11. The van der Waals surface area contributed by atoms with Gasteiger partial charge < -0.3 is 9.73 Å². The van der Waals surface area contributed by atoms with Crippen LogP contribution in [0, 0.1) is 11.6 Å². The molecule has 1 heterocycles. The molecule has 1 N–H and O–H groups in total. The van der Waals surface area contributed by atoms with Crippen LogP contribution < -0.4 is 5.32 Å². The molecule has 0 radical (unpaired) electrons. The van der Waals surface area contributed by atoms with E-state index in [4.69, 9.17) is 4.42 Å². The molecule has 0 fully saturated rings. The summed E-state index contributed by atoms with van der Waals surface area (Å²) in [7, 11) is 0. The predicted molar refractivity (Wildman–Crippen MR) is 57.0 cm³/mol. The highest BCUT2D eigenvalue weighted by molar-refractivity contribution is 5.54. The van der Waals surface area contributed by atoms with E-state index in [9.17, 15) is 8.78 Å². The molecule has 0 aliphatic rings. The third-order valence-electron chi connectivity index (χ3n) is 2.17. The minimum atomic E-state index is -0.719. The molecule has 0 saturated heterocycles. The first-order valence-corrected chi connectivity index (χ1v) is 5.20. The Morgan fingerprint density at radius 2 is 1.94 bits per heavy atom. The van der Waals surface area contributed by atoms with E-state index in [-0.39, 0.29) is 11.5 Å². The zero-order chi connectivity index (χ0) is 12.3. The van der Waals surface area contributed by atoms with Crippen LogP contribution in [0.4, 0.5) is 8.78 Å². The van der Waals surface area contributed by atoms with Crippen LogP contribution >= 0.6 is 0 Å². The Morgan fingerprint density at radius 3 is 2.59 bits per heavy atom. The van der Waals surface area contributed by atoms with Crippen molar-refractivity contribution in [2.75, 3.05) is 6.54 Å². The van der Waals surface area contributed by atoms with Crippen molar-refractivity contribution in [3.8, 4) is 11.5 Å². The van der Waals surface area contributed by atoms with E-state index in [1.54, 1.807) is 0 Å². The molecular formula is C11H11F2N3O. The van der Waals surface area contributed by atoms with E-state index in [0.29, 0.717) is 12.4 Å². The summed E-state index contributed by atoms with van der Waals surface area (Å²) >= 11 is 0. The maximum atomic E-state index is 13.4. The molecule has 1 aromatic carbocycles. The van der Waals surface area contributed by atoms with Gasteiger partial charge in [0, 0.05) is 0 Å². The summed E-state index contributed by atoms with van der Waals surface area (Å²) in [6, 6.07) is 3.57. The number of benzene rings is 1. The average molecular weight is 239 g/mol. The van der Waals surface area contributed by atoms with Gasteiger partial charge in [-0.15, -0.1) is 10.2 Å². The molecule has 0 bridgehead atoms. The average Bonchev–Trinajstić information content (AvgIpc) is 2.75. The zero-order valence-electron chi connectivity index (χ0n) is 9.20. The van der Waals surface area contributed by atoms with Crippen molar-refractivity contribution in [1.82, 2.24) is 15.5 Å². The SMILES string of the molecule is CCNCc1nnc(-c2c(F)cccc2F)o1. The second-order valence-corrected chi connectivity index (χ2v) is 3.38. The fraction of sp³-hybridized carbons (Fsp3) is 0.273. The van der Waals surface area contributed by atoms with Crippen molar-refractivity contribution in [1.29, 1.82) is 0 Å². The summed E-state index contributed by atoms with van der Waals surface area (Å²) < 4.78 is 32.0. The Hall–Kier alpha value is -1.82. The first-order valence-electron chi connectivity index (χ1n) is 5.20. The Labute approximate surface area is 96.7 Å². The summed E-state index contributed by atoms with van der Waals surface area (Å²) in [5.41, 5.74) is -0.289. The molecule has 0 aliphatic heterocycles. The Morgan fingerprint density at radius 1 is 1.24 bits per heavy atom. The fourth-order valence-electron chi connectivity index (χ4n) is 1.36. The summed E-state index contributed by atoms with van der Waals surface area (Å²) in [4.78, 5) is 0. The van der Waals surface area contributed by atoms with Crippen molar-refractivity contribution in [2.45, 2.75) is 13.5 Å². The van der Waals surface area contributed by atoms with E-state index in [2.05, 4.69) is 15.5 Å². The van der Waals surface area contributed by atoms with Gasteiger partial charge in [-0.25, -0.2) is 8.78 Å². The van der Waals surface area contributed by atoms with Gasteiger partial charge in [-0.05, 0) is 18.7 Å². The molecule has 90 valence electrons. The molecule has 2 aromatic rings. The molecule has 1 aromatic heterocycles. The van der Waals surface area contributed by atoms with Gasteiger partial charge in [-0.1, -0.05) is 13.0 Å². The van der Waals surface area contributed by atoms with E-state index in [1.165, 1.54) is 6.07 Å². The number of aromatic nitrogens is 2. The normalized spacial score (nSPS) is 10.8. The number of hydrogen-bond acceptors (Lipinski definition) is 4. The number of halogens is 2. The summed E-state index contributed by atoms with van der Waals surface area (Å²) in [5, 5.41) is 10.3. The van der Waals surface area contributed by atoms with Crippen molar-refractivity contribution in [3.05, 3.63) is 35.7 Å². The van der Waals surface area contributed by atoms with Gasteiger partial charge in [0.2, 0.25) is 5.89 Å². The van der Waals surface area contributed by atoms with Crippen molar-refractivity contribution < 1.29 is 13.2 Å². The second kappa shape index (κ2) is 5.01. The third-order valence-corrected chi connectivity index (χ3v) is 2.17. The van der Waals surface area contributed by atoms with Gasteiger partial charge in [0.05, 0.1) is 6.54 Å². The van der Waals surface area contributed by atoms with E-state index in [1.807, 2.05) is 6.92 Å². The van der Waals surface area contributed by atoms with Gasteiger partial charge in [-0.2, -0.15) is 0 Å². The summed E-state index contributed by atoms with van der Waals surface area (Å²) in [6.07, 6.45) is 0. The molecule has 0 aliphatic carbocycles. The standard InChI is InChI=1S/C11H11F2N3O/c1-2-14-6-9-15-16-11(17-9)10-7(12)4-3-5-8(10)13/h3-5,14H,2,6H2,1H3. The fourth-order valence-corrected chi connectivity index (χ4v) is 1.36. The van der Waals surface area contributed by atoms with E-state index in [0.717, 1.165) is 18.7 Å². The van der Waals surface area contributed by atoms with Gasteiger partial charge in [0.1, 0.15) is 17.2 Å². The van der Waals surface area contributed by atoms with Crippen LogP contribution in [0.2, 0.25) is 0 Å². The largest absolute Gasteiger partial charge is 0.419 e. The van der Waals surface area contributed by atoms with Crippen LogP contribution in [-0.4, -0.2) is 16.7 Å². The quantitative estimate of drug-likeness (QED) is 0.887. The second-order valence-electron chi connectivity index (χ2n) is 3.38. The van der Waals surface area contributed by atoms with Crippen LogP contribution in [0.5, 0.6) is 0 Å². The van der Waals surface area contributed by atoms with Crippen LogP contribution in [-0.2, 0) is 6.54 Å². The highest BCUT2D eigenvalue weighted by Crippen LogP contribution is 2.24. The molecule has 0 amide bonds. The highest BCUT2D eigenvalue weighted by atomic mass is 19.1. The lowest BCUT2D eigenvalue weighted by Gasteiger charge is -1.98. The molecule has 2 rings (SSSR count). The van der Waals surface area contributed by atoms with Crippen molar-refractivity contribution >= 4 is 0 Å². The Balaban J connectivity index is 2.30. The highest BCUT2D eigenvalue weighted by Gasteiger charge is 2.17. The van der Waals surface area contributed by atoms with E-state index >= 15 is 0 Å². The molecule has 0 atom stereocenters. The minimum absolute atomic E-state index is 0.145. The van der Waals surface area contributed by atoms with Crippen LogP contribution in [0.1, 0.15) is 12.8 Å². The Kier molecular flexibility index (Phi) is 3.43. The maximum Gasteiger partial charge on any atom is 0.253 e. The monoisotopic (exact) mass is 239 g/mol. The van der Waals surface area contributed by atoms with Gasteiger partial charge in [-0.3, -0.25) is 0 Å². The molecule has 0 spiro atoms. The van der Waals surface area contributed by atoms with E-state index < -0.39 is 11.6 Å². The summed E-state index contributed by atoms with van der Waals surface area (Å²) in [6.45, 7) is 3.04. The van der Waals surface area contributed by atoms with Gasteiger partial charge in [0.25, 0.3) is 5.89 Å². The molecular weight excluding hydrogens is 228 g/mol. The zero-order valence-corrected chi connectivity index (χ0v) is 9.20. The molecule has 0 saturated carbocycles. The van der Waals surface area contributed by atoms with Crippen LogP contribution in [0.3, 0.4) is 0 Å². The lowest BCUT2D eigenvalue weighted by molar-refractivity contribution is 0.475. The first-order chi connectivity index (χ1) is 8.22. The Bertz CT molecular complexity index is 493. The maximum absolute atomic E-state index is 13.4. The van der Waals surface area contributed by atoms with Crippen LogP contribution in [0.25, 0.3) is 11.5 Å². The van der Waals surface area contributed by atoms with Gasteiger partial charge in [0.15, 0.2) is 0 Å². The smallest absolute Gasteiger partial charge is 0.253 e. The molecule has 0 unspecified atom stereocenters. The molecule has 6 heteroatoms. The third kappa shape index (κ3) is 2.47. The number of rotatable bonds is 4. The molecule has 4 nitrogen and oxygen atoms in total.